The summed E-state index contributed by atoms with van der Waals surface area (Å²) in [6.07, 6.45) is 0. The van der Waals surface area contributed by atoms with E-state index in [1.165, 1.54) is 0 Å². The summed E-state index contributed by atoms with van der Waals surface area (Å²) in [5, 5.41) is 4.32. The molecule has 1 aromatic carbocycles. The third-order valence-electron chi connectivity index (χ3n) is 2.79. The van der Waals surface area contributed by atoms with Gasteiger partial charge in [-0.05, 0) is 47.5 Å². The van der Waals surface area contributed by atoms with Crippen LogP contribution in [0.2, 0.25) is 0 Å². The van der Waals surface area contributed by atoms with Gasteiger partial charge in [-0.1, -0.05) is 6.07 Å². The van der Waals surface area contributed by atoms with Crippen LogP contribution in [0.15, 0.2) is 22.7 Å². The van der Waals surface area contributed by atoms with Crippen LogP contribution in [0, 0.1) is 13.8 Å². The molecule has 4 nitrogen and oxygen atoms in total. The number of hydrogen-bond acceptors (Lipinski definition) is 3. The number of rotatable bonds is 3. The van der Waals surface area contributed by atoms with E-state index in [0.717, 1.165) is 21.4 Å². The number of ether oxygens (including phenoxy) is 1. The largest absolute Gasteiger partial charge is 0.485 e. The molecule has 0 aliphatic heterocycles. The number of anilines is 1. The lowest BCUT2D eigenvalue weighted by molar-refractivity contribution is 0.295. The van der Waals surface area contributed by atoms with Crippen molar-refractivity contribution in [2.75, 3.05) is 5.73 Å². The van der Waals surface area contributed by atoms with E-state index in [1.54, 1.807) is 0 Å². The van der Waals surface area contributed by atoms with E-state index in [9.17, 15) is 0 Å². The second-order valence-electron chi connectivity index (χ2n) is 4.30. The molecule has 1 aromatic heterocycles. The van der Waals surface area contributed by atoms with Crippen LogP contribution >= 0.6 is 15.9 Å². The minimum absolute atomic E-state index is 0.436. The highest BCUT2D eigenvalue weighted by atomic mass is 79.9. The Morgan fingerprint density at radius 2 is 2.11 bits per heavy atom. The standard InChI is InChI=1S/C13H16BrN3O/c1-8-4-5-12(10(15)6-8)18-7-11-13(14)9(2)16-17(11)3/h4-6H,7,15H2,1-3H3. The van der Waals surface area contributed by atoms with E-state index < -0.39 is 0 Å². The summed E-state index contributed by atoms with van der Waals surface area (Å²) in [4.78, 5) is 0. The van der Waals surface area contributed by atoms with Gasteiger partial charge in [-0.2, -0.15) is 5.10 Å². The van der Waals surface area contributed by atoms with E-state index in [2.05, 4.69) is 21.0 Å². The van der Waals surface area contributed by atoms with Gasteiger partial charge in [0.15, 0.2) is 0 Å². The van der Waals surface area contributed by atoms with Crippen molar-refractivity contribution in [3.63, 3.8) is 0 Å². The monoisotopic (exact) mass is 309 g/mol. The van der Waals surface area contributed by atoms with Gasteiger partial charge in [-0.25, -0.2) is 0 Å². The van der Waals surface area contributed by atoms with Crippen LogP contribution < -0.4 is 10.5 Å². The summed E-state index contributed by atoms with van der Waals surface area (Å²) < 4.78 is 8.53. The molecule has 0 spiro atoms. The lowest BCUT2D eigenvalue weighted by atomic mass is 10.2. The number of hydrogen-bond donors (Lipinski definition) is 1. The molecule has 0 radical (unpaired) electrons. The Morgan fingerprint density at radius 1 is 1.39 bits per heavy atom. The first-order chi connectivity index (χ1) is 8.49. The van der Waals surface area contributed by atoms with Gasteiger partial charge in [0.05, 0.1) is 21.5 Å². The lowest BCUT2D eigenvalue weighted by Gasteiger charge is -2.10. The lowest BCUT2D eigenvalue weighted by Crippen LogP contribution is -2.05. The highest BCUT2D eigenvalue weighted by Crippen LogP contribution is 2.25. The second-order valence-corrected chi connectivity index (χ2v) is 5.09. The summed E-state index contributed by atoms with van der Waals surface area (Å²) in [7, 11) is 1.90. The van der Waals surface area contributed by atoms with Crippen LogP contribution in [0.1, 0.15) is 17.0 Å². The number of aryl methyl sites for hydroxylation is 3. The number of nitrogens with two attached hydrogens (primary N) is 1. The van der Waals surface area contributed by atoms with Crippen LogP contribution in [-0.4, -0.2) is 9.78 Å². The Morgan fingerprint density at radius 3 is 2.67 bits per heavy atom. The van der Waals surface area contributed by atoms with Crippen LogP contribution in [0.3, 0.4) is 0 Å². The molecule has 0 aliphatic carbocycles. The number of halogens is 1. The smallest absolute Gasteiger partial charge is 0.142 e. The first-order valence-corrected chi connectivity index (χ1v) is 6.45. The number of benzene rings is 1. The van der Waals surface area contributed by atoms with Crippen molar-refractivity contribution in [2.24, 2.45) is 7.05 Å². The van der Waals surface area contributed by atoms with Crippen LogP contribution in [0.5, 0.6) is 5.75 Å². The van der Waals surface area contributed by atoms with Gasteiger partial charge in [0.25, 0.3) is 0 Å². The molecule has 0 amide bonds. The fraction of sp³-hybridized carbons (Fsp3) is 0.308. The molecule has 2 aromatic rings. The molecule has 0 aliphatic rings. The maximum Gasteiger partial charge on any atom is 0.142 e. The highest BCUT2D eigenvalue weighted by Gasteiger charge is 2.11. The Labute approximate surface area is 115 Å². The van der Waals surface area contributed by atoms with Gasteiger partial charge in [-0.15, -0.1) is 0 Å². The summed E-state index contributed by atoms with van der Waals surface area (Å²) >= 11 is 3.51. The summed E-state index contributed by atoms with van der Waals surface area (Å²) in [6.45, 7) is 4.39. The summed E-state index contributed by atoms with van der Waals surface area (Å²) in [6, 6.07) is 5.77. The second kappa shape index (κ2) is 5.02. The van der Waals surface area contributed by atoms with Gasteiger partial charge in [0, 0.05) is 7.05 Å². The molecule has 0 saturated carbocycles. The molecule has 0 atom stereocenters. The summed E-state index contributed by atoms with van der Waals surface area (Å²) in [5.41, 5.74) is 9.63. The van der Waals surface area contributed by atoms with E-state index in [0.29, 0.717) is 18.0 Å². The topological polar surface area (TPSA) is 53.1 Å². The molecule has 96 valence electrons. The van der Waals surface area contributed by atoms with Crippen molar-refractivity contribution in [3.8, 4) is 5.75 Å². The van der Waals surface area contributed by atoms with Crippen molar-refractivity contribution >= 4 is 21.6 Å². The normalized spacial score (nSPS) is 10.7. The predicted molar refractivity (Wildman–Crippen MR) is 75.6 cm³/mol. The fourth-order valence-electron chi connectivity index (χ4n) is 1.78. The third-order valence-corrected chi connectivity index (χ3v) is 3.82. The van der Waals surface area contributed by atoms with E-state index in [4.69, 9.17) is 10.5 Å². The molecule has 18 heavy (non-hydrogen) atoms. The maximum atomic E-state index is 5.91. The zero-order valence-electron chi connectivity index (χ0n) is 10.7. The number of nitrogens with zero attached hydrogens (tertiary/aromatic N) is 2. The number of nitrogen functional groups attached to an aromatic ring is 1. The Kier molecular flexibility index (Phi) is 3.61. The first kappa shape index (κ1) is 13.0. The van der Waals surface area contributed by atoms with E-state index >= 15 is 0 Å². The molecular weight excluding hydrogens is 294 g/mol. The van der Waals surface area contributed by atoms with Crippen molar-refractivity contribution < 1.29 is 4.74 Å². The van der Waals surface area contributed by atoms with Gasteiger partial charge in [0.2, 0.25) is 0 Å². The SMILES string of the molecule is Cc1ccc(OCc2c(Br)c(C)nn2C)c(N)c1. The summed E-state index contributed by atoms with van der Waals surface area (Å²) in [5.74, 6) is 0.700. The van der Waals surface area contributed by atoms with Crippen molar-refractivity contribution in [1.82, 2.24) is 9.78 Å². The highest BCUT2D eigenvalue weighted by molar-refractivity contribution is 9.10. The maximum absolute atomic E-state index is 5.91. The first-order valence-electron chi connectivity index (χ1n) is 5.66. The van der Waals surface area contributed by atoms with E-state index in [-0.39, 0.29) is 0 Å². The average Bonchev–Trinajstić information content (AvgIpc) is 2.53. The average molecular weight is 310 g/mol. The van der Waals surface area contributed by atoms with Crippen LogP contribution in [0.4, 0.5) is 5.69 Å². The number of aromatic nitrogens is 2. The molecule has 5 heteroatoms. The van der Waals surface area contributed by atoms with Gasteiger partial charge in [-0.3, -0.25) is 4.68 Å². The van der Waals surface area contributed by atoms with E-state index in [1.807, 2.05) is 43.8 Å². The van der Waals surface area contributed by atoms with Crippen molar-refractivity contribution in [1.29, 1.82) is 0 Å². The molecule has 0 saturated heterocycles. The van der Waals surface area contributed by atoms with Crippen LogP contribution in [0.25, 0.3) is 0 Å². The zero-order chi connectivity index (χ0) is 13.3. The van der Waals surface area contributed by atoms with Crippen molar-refractivity contribution in [3.05, 3.63) is 39.6 Å². The molecule has 1 heterocycles. The zero-order valence-corrected chi connectivity index (χ0v) is 12.3. The van der Waals surface area contributed by atoms with Gasteiger partial charge < -0.3 is 10.5 Å². The predicted octanol–water partition coefficient (Wildman–Crippen LogP) is 2.96. The minimum Gasteiger partial charge on any atom is -0.485 e. The molecule has 0 unspecified atom stereocenters. The fourth-order valence-corrected chi connectivity index (χ4v) is 2.23. The Bertz CT molecular complexity index is 578. The van der Waals surface area contributed by atoms with Gasteiger partial charge in [0.1, 0.15) is 12.4 Å². The molecule has 2 rings (SSSR count). The quantitative estimate of drug-likeness (QED) is 0.887. The molecule has 2 N–H and O–H groups in total. The molecule has 0 fully saturated rings. The Hall–Kier alpha value is -1.49. The molecule has 0 bridgehead atoms. The molecular formula is C13H16BrN3O. The third kappa shape index (κ3) is 2.51. The Balaban J connectivity index is 2.16. The minimum atomic E-state index is 0.436. The van der Waals surface area contributed by atoms with Gasteiger partial charge >= 0.3 is 0 Å². The van der Waals surface area contributed by atoms with Crippen LogP contribution in [-0.2, 0) is 13.7 Å². The van der Waals surface area contributed by atoms with Crippen molar-refractivity contribution in [2.45, 2.75) is 20.5 Å².